The van der Waals surface area contributed by atoms with Gasteiger partial charge in [0.2, 0.25) is 0 Å². The van der Waals surface area contributed by atoms with Gasteiger partial charge in [-0.2, -0.15) is 5.26 Å². The summed E-state index contributed by atoms with van der Waals surface area (Å²) in [4.78, 5) is 8.81. The molecule has 0 spiro atoms. The molecule has 32 heavy (non-hydrogen) atoms. The van der Waals surface area contributed by atoms with Crippen LogP contribution < -0.4 is 4.74 Å². The van der Waals surface area contributed by atoms with Gasteiger partial charge in [-0.15, -0.1) is 0 Å². The number of nitriles is 1. The third-order valence-corrected chi connectivity index (χ3v) is 5.35. The molecule has 0 saturated carbocycles. The van der Waals surface area contributed by atoms with Crippen molar-refractivity contribution in [2.75, 3.05) is 0 Å². The average Bonchev–Trinajstić information content (AvgIpc) is 2.88. The summed E-state index contributed by atoms with van der Waals surface area (Å²) < 4.78 is 6.12. The number of ether oxygens (including phenoxy) is 1. The summed E-state index contributed by atoms with van der Waals surface area (Å²) in [5, 5.41) is 10.9. The highest BCUT2D eigenvalue weighted by Crippen LogP contribution is 2.37. The first-order valence-electron chi connectivity index (χ1n) is 10.3. The smallest absolute Gasteiger partial charge is 0.138 e. The molecule has 0 atom stereocenters. The predicted molar refractivity (Wildman–Crippen MR) is 126 cm³/mol. The molecule has 2 aromatic heterocycles. The molecule has 4 heteroatoms. The van der Waals surface area contributed by atoms with Gasteiger partial charge in [0, 0.05) is 17.8 Å². The van der Waals surface area contributed by atoms with Crippen molar-refractivity contribution in [3.63, 3.8) is 0 Å². The number of benzene rings is 3. The Bertz CT molecular complexity index is 1420. The van der Waals surface area contributed by atoms with Crippen molar-refractivity contribution in [1.29, 1.82) is 5.26 Å². The van der Waals surface area contributed by atoms with E-state index in [2.05, 4.69) is 16.0 Å². The zero-order chi connectivity index (χ0) is 21.8. The van der Waals surface area contributed by atoms with Crippen LogP contribution in [0, 0.1) is 11.3 Å². The van der Waals surface area contributed by atoms with Crippen molar-refractivity contribution in [2.45, 2.75) is 6.61 Å². The number of nitrogens with zero attached hydrogens (tertiary/aromatic N) is 3. The van der Waals surface area contributed by atoms with Crippen LogP contribution >= 0.6 is 0 Å². The molecular formula is C28H19N3O. The van der Waals surface area contributed by atoms with Crippen molar-refractivity contribution in [3.05, 3.63) is 115 Å². The number of para-hydroxylation sites is 1. The standard InChI is InChI=1S/C28H19N3O/c29-18-23-16-25(20-6-2-1-3-7-20)26(21-12-14-30-15-13-21)17-28(23)32-19-24-11-10-22-8-4-5-9-27(22)31-24/h1-17H,19H2. The fraction of sp³-hybridized carbons (Fsp3) is 0.0357. The Kier molecular flexibility index (Phi) is 5.30. The minimum absolute atomic E-state index is 0.278. The lowest BCUT2D eigenvalue weighted by atomic mass is 9.93. The minimum Gasteiger partial charge on any atom is -0.486 e. The van der Waals surface area contributed by atoms with Crippen LogP contribution in [0.25, 0.3) is 33.2 Å². The Morgan fingerprint density at radius 1 is 0.750 bits per heavy atom. The van der Waals surface area contributed by atoms with E-state index in [1.807, 2.05) is 91.0 Å². The summed E-state index contributed by atoms with van der Waals surface area (Å²) >= 11 is 0. The summed E-state index contributed by atoms with van der Waals surface area (Å²) in [6.45, 7) is 0.278. The Morgan fingerprint density at radius 2 is 1.47 bits per heavy atom. The minimum atomic E-state index is 0.278. The largest absolute Gasteiger partial charge is 0.486 e. The topological polar surface area (TPSA) is 58.8 Å². The Balaban J connectivity index is 1.55. The Hall–Kier alpha value is -4.49. The molecule has 4 nitrogen and oxygen atoms in total. The molecular weight excluding hydrogens is 394 g/mol. The molecule has 0 radical (unpaired) electrons. The molecule has 152 valence electrons. The molecule has 3 aromatic carbocycles. The molecule has 2 heterocycles. The van der Waals surface area contributed by atoms with E-state index in [0.29, 0.717) is 11.3 Å². The number of aromatic nitrogens is 2. The van der Waals surface area contributed by atoms with Gasteiger partial charge in [-0.05, 0) is 58.7 Å². The van der Waals surface area contributed by atoms with Crippen molar-refractivity contribution >= 4 is 10.9 Å². The van der Waals surface area contributed by atoms with Crippen LogP contribution in [-0.4, -0.2) is 9.97 Å². The Morgan fingerprint density at radius 3 is 2.28 bits per heavy atom. The van der Waals surface area contributed by atoms with E-state index in [-0.39, 0.29) is 6.61 Å². The molecule has 0 bridgehead atoms. The van der Waals surface area contributed by atoms with Crippen molar-refractivity contribution in [3.8, 4) is 34.1 Å². The van der Waals surface area contributed by atoms with Gasteiger partial charge in [-0.3, -0.25) is 4.98 Å². The lowest BCUT2D eigenvalue weighted by Crippen LogP contribution is -2.01. The third kappa shape index (κ3) is 3.92. The van der Waals surface area contributed by atoms with Crippen LogP contribution in [0.3, 0.4) is 0 Å². The van der Waals surface area contributed by atoms with Gasteiger partial charge in [0.1, 0.15) is 18.4 Å². The lowest BCUT2D eigenvalue weighted by Gasteiger charge is -2.15. The van der Waals surface area contributed by atoms with Gasteiger partial charge in [0.05, 0.1) is 16.8 Å². The second-order valence-corrected chi connectivity index (χ2v) is 7.39. The highest BCUT2D eigenvalue weighted by Gasteiger charge is 2.14. The fourth-order valence-electron chi connectivity index (χ4n) is 3.75. The summed E-state index contributed by atoms with van der Waals surface area (Å²) in [7, 11) is 0. The van der Waals surface area contributed by atoms with E-state index in [0.717, 1.165) is 38.9 Å². The maximum absolute atomic E-state index is 9.83. The quantitative estimate of drug-likeness (QED) is 0.334. The van der Waals surface area contributed by atoms with Crippen molar-refractivity contribution < 1.29 is 4.74 Å². The molecule has 5 rings (SSSR count). The first-order valence-corrected chi connectivity index (χ1v) is 10.3. The zero-order valence-electron chi connectivity index (χ0n) is 17.3. The van der Waals surface area contributed by atoms with E-state index in [4.69, 9.17) is 4.74 Å². The predicted octanol–water partition coefficient (Wildman–Crippen LogP) is 6.41. The molecule has 0 aliphatic heterocycles. The number of hydrogen-bond acceptors (Lipinski definition) is 4. The zero-order valence-corrected chi connectivity index (χ0v) is 17.3. The summed E-state index contributed by atoms with van der Waals surface area (Å²) in [5.74, 6) is 0.536. The van der Waals surface area contributed by atoms with E-state index in [1.165, 1.54) is 0 Å². The van der Waals surface area contributed by atoms with Gasteiger partial charge in [-0.25, -0.2) is 4.98 Å². The second-order valence-electron chi connectivity index (χ2n) is 7.39. The molecule has 0 aliphatic carbocycles. The highest BCUT2D eigenvalue weighted by molar-refractivity contribution is 5.86. The maximum Gasteiger partial charge on any atom is 0.138 e. The van der Waals surface area contributed by atoms with Gasteiger partial charge >= 0.3 is 0 Å². The lowest BCUT2D eigenvalue weighted by molar-refractivity contribution is 0.301. The summed E-state index contributed by atoms with van der Waals surface area (Å²) in [6, 6.07) is 32.1. The van der Waals surface area contributed by atoms with Gasteiger partial charge in [-0.1, -0.05) is 54.6 Å². The number of pyridine rings is 2. The van der Waals surface area contributed by atoms with Gasteiger partial charge in [0.15, 0.2) is 0 Å². The fourth-order valence-corrected chi connectivity index (χ4v) is 3.75. The first-order chi connectivity index (χ1) is 15.8. The molecule has 0 fully saturated rings. The van der Waals surface area contributed by atoms with Crippen LogP contribution in [0.4, 0.5) is 0 Å². The summed E-state index contributed by atoms with van der Waals surface area (Å²) in [5.41, 5.74) is 6.23. The van der Waals surface area contributed by atoms with Crippen molar-refractivity contribution in [2.24, 2.45) is 0 Å². The first kappa shape index (κ1) is 19.5. The van der Waals surface area contributed by atoms with Crippen molar-refractivity contribution in [1.82, 2.24) is 9.97 Å². The molecule has 0 unspecified atom stereocenters. The second kappa shape index (κ2) is 8.71. The normalized spacial score (nSPS) is 10.6. The maximum atomic E-state index is 9.83. The molecule has 0 aliphatic rings. The summed E-state index contributed by atoms with van der Waals surface area (Å²) in [6.07, 6.45) is 3.53. The van der Waals surface area contributed by atoms with Gasteiger partial charge < -0.3 is 4.74 Å². The van der Waals surface area contributed by atoms with Crippen LogP contribution in [-0.2, 0) is 6.61 Å². The number of hydrogen-bond donors (Lipinski definition) is 0. The third-order valence-electron chi connectivity index (χ3n) is 5.35. The van der Waals surface area contributed by atoms with Crippen LogP contribution in [0.1, 0.15) is 11.3 Å². The monoisotopic (exact) mass is 413 g/mol. The van der Waals surface area contributed by atoms with E-state index in [1.54, 1.807) is 12.4 Å². The molecule has 0 N–H and O–H groups in total. The van der Waals surface area contributed by atoms with E-state index < -0.39 is 0 Å². The highest BCUT2D eigenvalue weighted by atomic mass is 16.5. The Labute approximate surface area is 186 Å². The van der Waals surface area contributed by atoms with Gasteiger partial charge in [0.25, 0.3) is 0 Å². The van der Waals surface area contributed by atoms with E-state index >= 15 is 0 Å². The number of fused-ring (bicyclic) bond motifs is 1. The van der Waals surface area contributed by atoms with Crippen LogP contribution in [0.15, 0.2) is 103 Å². The number of rotatable bonds is 5. The average molecular weight is 413 g/mol. The van der Waals surface area contributed by atoms with E-state index in [9.17, 15) is 5.26 Å². The van der Waals surface area contributed by atoms with Crippen LogP contribution in [0.5, 0.6) is 5.75 Å². The SMILES string of the molecule is N#Cc1cc(-c2ccccc2)c(-c2ccncc2)cc1OCc1ccc2ccccc2n1. The molecule has 0 saturated heterocycles. The molecule has 0 amide bonds. The molecule has 5 aromatic rings. The van der Waals surface area contributed by atoms with Crippen LogP contribution in [0.2, 0.25) is 0 Å².